The van der Waals surface area contributed by atoms with Gasteiger partial charge in [-0.05, 0) is 58.9 Å². The number of hydrogen-bond acceptors (Lipinski definition) is 6. The summed E-state index contributed by atoms with van der Waals surface area (Å²) in [5.74, 6) is 1.82. The molecule has 0 aliphatic carbocycles. The Morgan fingerprint density at radius 3 is 2.66 bits per heavy atom. The Labute approximate surface area is 172 Å². The topological polar surface area (TPSA) is 81.4 Å². The fourth-order valence-corrected chi connectivity index (χ4v) is 4.03. The number of carbonyl (C=O) groups is 1. The lowest BCUT2D eigenvalue weighted by Crippen LogP contribution is -2.36. The van der Waals surface area contributed by atoms with Gasteiger partial charge in [-0.25, -0.2) is 14.8 Å². The summed E-state index contributed by atoms with van der Waals surface area (Å²) in [7, 11) is 0. The molecule has 29 heavy (non-hydrogen) atoms. The average molecular weight is 401 g/mol. The molecule has 1 amide bonds. The van der Waals surface area contributed by atoms with Gasteiger partial charge in [0.25, 0.3) is 0 Å². The predicted octanol–water partition coefficient (Wildman–Crippen LogP) is 4.73. The van der Waals surface area contributed by atoms with Crippen LogP contribution < -0.4 is 0 Å². The van der Waals surface area contributed by atoms with Crippen LogP contribution >= 0.6 is 0 Å². The maximum absolute atomic E-state index is 12.2. The molecule has 0 bridgehead atoms. The second kappa shape index (κ2) is 8.93. The predicted molar refractivity (Wildman–Crippen MR) is 111 cm³/mol. The van der Waals surface area contributed by atoms with Gasteiger partial charge in [-0.15, -0.1) is 0 Å². The number of carbonyl (C=O) groups excluding carboxylic acids is 1. The lowest BCUT2D eigenvalue weighted by atomic mass is 9.99. The van der Waals surface area contributed by atoms with Gasteiger partial charge in [-0.2, -0.15) is 0 Å². The van der Waals surface area contributed by atoms with Crippen molar-refractivity contribution in [3.05, 3.63) is 28.5 Å². The first-order chi connectivity index (χ1) is 13.8. The van der Waals surface area contributed by atoms with Gasteiger partial charge in [0.15, 0.2) is 0 Å². The van der Waals surface area contributed by atoms with Gasteiger partial charge in [0.1, 0.15) is 11.6 Å². The molecular formula is C22H32N4O3. The Morgan fingerprint density at radius 2 is 2.03 bits per heavy atom. The van der Waals surface area contributed by atoms with E-state index < -0.39 is 0 Å². The number of likely N-dealkylation sites (tertiary alicyclic amines) is 1. The third-order valence-corrected chi connectivity index (χ3v) is 5.64. The molecule has 3 rings (SSSR count). The van der Waals surface area contributed by atoms with E-state index in [1.54, 1.807) is 0 Å². The van der Waals surface area contributed by atoms with Crippen LogP contribution in [0.5, 0.6) is 0 Å². The maximum atomic E-state index is 12.2. The van der Waals surface area contributed by atoms with E-state index in [1.807, 2.05) is 25.7 Å². The van der Waals surface area contributed by atoms with Crippen LogP contribution in [-0.2, 0) is 11.2 Å². The van der Waals surface area contributed by atoms with Crippen molar-refractivity contribution in [2.24, 2.45) is 0 Å². The van der Waals surface area contributed by atoms with E-state index in [0.29, 0.717) is 6.61 Å². The first-order valence-electron chi connectivity index (χ1n) is 10.6. The number of aromatic nitrogens is 3. The molecule has 7 heteroatoms. The minimum absolute atomic E-state index is 0.200. The van der Waals surface area contributed by atoms with Crippen LogP contribution in [0, 0.1) is 20.8 Å². The molecular weight excluding hydrogens is 368 g/mol. The summed E-state index contributed by atoms with van der Waals surface area (Å²) in [6.45, 7) is 13.2. The second-order valence-corrected chi connectivity index (χ2v) is 8.08. The molecule has 2 aromatic rings. The van der Waals surface area contributed by atoms with E-state index >= 15 is 0 Å². The molecule has 158 valence electrons. The van der Waals surface area contributed by atoms with Crippen molar-refractivity contribution in [1.82, 2.24) is 20.0 Å². The van der Waals surface area contributed by atoms with Crippen LogP contribution in [0.3, 0.4) is 0 Å². The molecule has 1 saturated heterocycles. The minimum Gasteiger partial charge on any atom is -0.450 e. The van der Waals surface area contributed by atoms with Crippen molar-refractivity contribution < 1.29 is 14.1 Å². The normalized spacial score (nSPS) is 16.7. The number of nitrogens with zero attached hydrogens (tertiary/aromatic N) is 4. The van der Waals surface area contributed by atoms with Crippen LogP contribution in [0.25, 0.3) is 11.3 Å². The van der Waals surface area contributed by atoms with Crippen LogP contribution in [0.15, 0.2) is 4.52 Å². The fraction of sp³-hybridized carbons (Fsp3) is 0.636. The molecule has 1 fully saturated rings. The molecule has 0 N–H and O–H groups in total. The summed E-state index contributed by atoms with van der Waals surface area (Å²) in [6, 6.07) is 0.202. The Kier molecular flexibility index (Phi) is 6.55. The van der Waals surface area contributed by atoms with Gasteiger partial charge in [0.2, 0.25) is 0 Å². The smallest absolute Gasteiger partial charge is 0.409 e. The van der Waals surface area contributed by atoms with Gasteiger partial charge in [-0.3, -0.25) is 0 Å². The van der Waals surface area contributed by atoms with E-state index in [4.69, 9.17) is 19.2 Å². The second-order valence-electron chi connectivity index (χ2n) is 8.08. The summed E-state index contributed by atoms with van der Waals surface area (Å²) in [5.41, 5.74) is 4.80. The Bertz CT molecular complexity index is 856. The van der Waals surface area contributed by atoms with Crippen LogP contribution in [-0.4, -0.2) is 45.3 Å². The molecule has 0 radical (unpaired) electrons. The van der Waals surface area contributed by atoms with Crippen molar-refractivity contribution in [1.29, 1.82) is 0 Å². The Morgan fingerprint density at radius 1 is 1.28 bits per heavy atom. The van der Waals surface area contributed by atoms with Gasteiger partial charge < -0.3 is 14.2 Å². The van der Waals surface area contributed by atoms with Crippen LogP contribution in [0.4, 0.5) is 4.79 Å². The third kappa shape index (κ3) is 4.43. The molecule has 1 aliphatic heterocycles. The largest absolute Gasteiger partial charge is 0.450 e. The van der Waals surface area contributed by atoms with E-state index in [1.165, 1.54) is 0 Å². The lowest BCUT2D eigenvalue weighted by molar-refractivity contribution is 0.101. The van der Waals surface area contributed by atoms with Crippen molar-refractivity contribution in [2.45, 2.75) is 79.2 Å². The van der Waals surface area contributed by atoms with Crippen LogP contribution in [0.2, 0.25) is 0 Å². The van der Waals surface area contributed by atoms with Crippen molar-refractivity contribution in [3.8, 4) is 11.3 Å². The number of rotatable bonds is 6. The Balaban J connectivity index is 1.88. The van der Waals surface area contributed by atoms with Gasteiger partial charge in [-0.1, -0.05) is 19.0 Å². The van der Waals surface area contributed by atoms with E-state index in [9.17, 15) is 4.79 Å². The highest BCUT2D eigenvalue weighted by Crippen LogP contribution is 2.31. The third-order valence-electron chi connectivity index (χ3n) is 5.64. The first kappa shape index (κ1) is 21.3. The molecule has 0 spiro atoms. The number of aryl methyl sites for hydroxylation is 3. The maximum Gasteiger partial charge on any atom is 0.409 e. The quantitative estimate of drug-likeness (QED) is 0.697. The molecule has 1 aliphatic rings. The number of ether oxygens (including phenoxy) is 1. The highest BCUT2D eigenvalue weighted by molar-refractivity contribution is 5.69. The number of amides is 1. The van der Waals surface area contributed by atoms with Crippen molar-refractivity contribution in [2.75, 3.05) is 13.2 Å². The molecule has 3 heterocycles. The molecule has 1 atom stereocenters. The highest BCUT2D eigenvalue weighted by atomic mass is 16.6. The monoisotopic (exact) mass is 400 g/mol. The summed E-state index contributed by atoms with van der Waals surface area (Å²) in [5, 5.41) is 4.10. The summed E-state index contributed by atoms with van der Waals surface area (Å²) in [4.78, 5) is 23.8. The zero-order valence-electron chi connectivity index (χ0n) is 18.4. The van der Waals surface area contributed by atoms with Gasteiger partial charge in [0.05, 0.1) is 23.6 Å². The molecule has 7 nitrogen and oxygen atoms in total. The van der Waals surface area contributed by atoms with E-state index in [-0.39, 0.29) is 18.1 Å². The molecule has 0 aromatic carbocycles. The SMILES string of the molecule is CCOC(=O)N1CCC[C@@H]1CCc1nc(C(C)C)nc(-c2c(C)noc2C)c1C. The highest BCUT2D eigenvalue weighted by Gasteiger charge is 2.30. The minimum atomic E-state index is -0.200. The zero-order chi connectivity index (χ0) is 21.1. The zero-order valence-corrected chi connectivity index (χ0v) is 18.4. The van der Waals surface area contributed by atoms with Gasteiger partial charge in [0, 0.05) is 24.2 Å². The summed E-state index contributed by atoms with van der Waals surface area (Å²) >= 11 is 0. The Hall–Kier alpha value is -2.44. The van der Waals surface area contributed by atoms with E-state index in [2.05, 4.69) is 25.9 Å². The molecule has 0 saturated carbocycles. The fourth-order valence-electron chi connectivity index (χ4n) is 4.03. The van der Waals surface area contributed by atoms with E-state index in [0.717, 1.165) is 72.0 Å². The van der Waals surface area contributed by atoms with Crippen molar-refractivity contribution in [3.63, 3.8) is 0 Å². The molecule has 0 unspecified atom stereocenters. The standard InChI is InChI=1S/C22H32N4O3/c1-7-28-22(27)26-12-8-9-17(26)10-11-18-14(4)20(24-21(23-18)13(2)3)19-15(5)25-29-16(19)6/h13,17H,7-12H2,1-6H3/t17-/m1/s1. The molecule has 2 aromatic heterocycles. The van der Waals surface area contributed by atoms with Crippen LogP contribution in [0.1, 0.15) is 74.5 Å². The lowest BCUT2D eigenvalue weighted by Gasteiger charge is -2.24. The summed E-state index contributed by atoms with van der Waals surface area (Å²) < 4.78 is 10.6. The van der Waals surface area contributed by atoms with Crippen molar-refractivity contribution >= 4 is 6.09 Å². The summed E-state index contributed by atoms with van der Waals surface area (Å²) in [6.07, 6.45) is 3.50. The first-order valence-corrected chi connectivity index (χ1v) is 10.6. The average Bonchev–Trinajstić information content (AvgIpc) is 3.27. The van der Waals surface area contributed by atoms with Gasteiger partial charge >= 0.3 is 6.09 Å². The number of hydrogen-bond donors (Lipinski definition) is 0.